The molecule has 0 bridgehead atoms. The van der Waals surface area contributed by atoms with Crippen LogP contribution in [0.3, 0.4) is 0 Å². The molecule has 0 aromatic heterocycles. The third-order valence-electron chi connectivity index (χ3n) is 1.39. The minimum absolute atomic E-state index is 0.0630. The Hall–Kier alpha value is -0.270. The highest BCUT2D eigenvalue weighted by Gasteiger charge is 2.23. The van der Waals surface area contributed by atoms with Gasteiger partial charge in [-0.3, -0.25) is 4.79 Å². The van der Waals surface area contributed by atoms with Gasteiger partial charge in [0.05, 0.1) is 12.5 Å². The Morgan fingerprint density at radius 3 is 2.55 bits per heavy atom. The Bertz CT molecular complexity index is 156. The van der Waals surface area contributed by atoms with Gasteiger partial charge in [-0.05, 0) is 18.4 Å². The van der Waals surface area contributed by atoms with Crippen LogP contribution in [-0.2, 0) is 13.9 Å². The SMILES string of the molecule is CCO[P+](=O)CC(C)C(C)=O. The quantitative estimate of drug-likeness (QED) is 0.603. The summed E-state index contributed by atoms with van der Waals surface area (Å²) in [6.45, 7) is 5.49. The molecule has 64 valence electrons. The van der Waals surface area contributed by atoms with E-state index in [0.717, 1.165) is 0 Å². The van der Waals surface area contributed by atoms with Gasteiger partial charge in [-0.25, -0.2) is 0 Å². The van der Waals surface area contributed by atoms with Gasteiger partial charge in [0.25, 0.3) is 0 Å². The predicted molar refractivity (Wildman–Crippen MR) is 43.9 cm³/mol. The molecule has 0 radical (unpaired) electrons. The normalized spacial score (nSPS) is 14.3. The second-order valence-electron chi connectivity index (χ2n) is 2.44. The van der Waals surface area contributed by atoms with Crippen LogP contribution in [-0.4, -0.2) is 18.6 Å². The van der Waals surface area contributed by atoms with Gasteiger partial charge in [-0.2, -0.15) is 0 Å². The maximum atomic E-state index is 10.9. The summed E-state index contributed by atoms with van der Waals surface area (Å²) in [5, 5.41) is 0. The number of carbonyl (C=O) groups excluding carboxylic acids is 1. The fourth-order valence-electron chi connectivity index (χ4n) is 0.549. The highest BCUT2D eigenvalue weighted by atomic mass is 31.1. The lowest BCUT2D eigenvalue weighted by molar-refractivity contribution is -0.119. The number of rotatable bonds is 5. The molecule has 0 saturated heterocycles. The second-order valence-corrected chi connectivity index (χ2v) is 3.73. The number of hydrogen-bond donors (Lipinski definition) is 0. The standard InChI is InChI=1S/C7H14O3P/c1-4-10-11(9)5-6(2)7(3)8/h6H,4-5H2,1-3H3/q+1. The minimum Gasteiger partial charge on any atom is -0.300 e. The van der Waals surface area contributed by atoms with Crippen molar-refractivity contribution in [3.8, 4) is 0 Å². The van der Waals surface area contributed by atoms with Gasteiger partial charge in [0.15, 0.2) is 6.16 Å². The van der Waals surface area contributed by atoms with Crippen molar-refractivity contribution in [3.63, 3.8) is 0 Å². The van der Waals surface area contributed by atoms with Gasteiger partial charge in [0.2, 0.25) is 0 Å². The molecule has 0 aliphatic rings. The van der Waals surface area contributed by atoms with Crippen LogP contribution in [0, 0.1) is 5.92 Å². The summed E-state index contributed by atoms with van der Waals surface area (Å²) in [5.74, 6) is -0.0850. The first-order chi connectivity index (χ1) is 5.07. The predicted octanol–water partition coefficient (Wildman–Crippen LogP) is 1.99. The monoisotopic (exact) mass is 177 g/mol. The van der Waals surface area contributed by atoms with Crippen molar-refractivity contribution in [2.75, 3.05) is 12.8 Å². The fourth-order valence-corrected chi connectivity index (χ4v) is 1.65. The van der Waals surface area contributed by atoms with E-state index < -0.39 is 8.03 Å². The molecule has 0 fully saturated rings. The van der Waals surface area contributed by atoms with E-state index >= 15 is 0 Å². The summed E-state index contributed by atoms with van der Waals surface area (Å²) < 4.78 is 15.8. The van der Waals surface area contributed by atoms with Crippen LogP contribution in [0.2, 0.25) is 0 Å². The van der Waals surface area contributed by atoms with E-state index in [2.05, 4.69) is 0 Å². The van der Waals surface area contributed by atoms with Crippen LogP contribution >= 0.6 is 8.03 Å². The maximum absolute atomic E-state index is 10.9. The van der Waals surface area contributed by atoms with Crippen molar-refractivity contribution in [2.45, 2.75) is 20.8 Å². The summed E-state index contributed by atoms with van der Waals surface area (Å²) in [5.41, 5.74) is 0. The zero-order valence-electron chi connectivity index (χ0n) is 7.16. The van der Waals surface area contributed by atoms with Crippen molar-refractivity contribution < 1.29 is 13.9 Å². The van der Waals surface area contributed by atoms with Crippen LogP contribution in [0.5, 0.6) is 0 Å². The molecule has 0 spiro atoms. The zero-order valence-corrected chi connectivity index (χ0v) is 8.06. The first-order valence-corrected chi connectivity index (χ1v) is 5.02. The Balaban J connectivity index is 3.66. The van der Waals surface area contributed by atoms with Crippen LogP contribution in [0.25, 0.3) is 0 Å². The van der Waals surface area contributed by atoms with E-state index in [9.17, 15) is 9.36 Å². The van der Waals surface area contributed by atoms with E-state index in [1.807, 2.05) is 0 Å². The van der Waals surface area contributed by atoms with E-state index in [0.29, 0.717) is 12.8 Å². The smallest absolute Gasteiger partial charge is 0.300 e. The van der Waals surface area contributed by atoms with Gasteiger partial charge >= 0.3 is 8.03 Å². The lowest BCUT2D eigenvalue weighted by Gasteiger charge is -1.96. The summed E-state index contributed by atoms with van der Waals surface area (Å²) in [6.07, 6.45) is 0.346. The summed E-state index contributed by atoms with van der Waals surface area (Å²) in [4.78, 5) is 10.7. The topological polar surface area (TPSA) is 43.4 Å². The molecule has 3 nitrogen and oxygen atoms in total. The molecular formula is C7H14O3P+. The Labute approximate surface area is 68.0 Å². The largest absolute Gasteiger partial charge is 0.508 e. The molecule has 0 saturated carbocycles. The average molecular weight is 177 g/mol. The van der Waals surface area contributed by atoms with E-state index in [1.54, 1.807) is 13.8 Å². The van der Waals surface area contributed by atoms with Gasteiger partial charge in [-0.1, -0.05) is 6.92 Å². The van der Waals surface area contributed by atoms with Crippen molar-refractivity contribution in [3.05, 3.63) is 0 Å². The number of hydrogen-bond acceptors (Lipinski definition) is 3. The maximum Gasteiger partial charge on any atom is 0.508 e. The Morgan fingerprint density at radius 1 is 1.64 bits per heavy atom. The highest BCUT2D eigenvalue weighted by Crippen LogP contribution is 2.25. The summed E-state index contributed by atoms with van der Waals surface area (Å²) in [7, 11) is -1.62. The van der Waals surface area contributed by atoms with Gasteiger partial charge in [0.1, 0.15) is 5.78 Å². The van der Waals surface area contributed by atoms with Crippen molar-refractivity contribution >= 4 is 13.8 Å². The van der Waals surface area contributed by atoms with E-state index in [4.69, 9.17) is 4.52 Å². The molecule has 11 heavy (non-hydrogen) atoms. The Morgan fingerprint density at radius 2 is 2.18 bits per heavy atom. The first-order valence-electron chi connectivity index (χ1n) is 3.66. The van der Waals surface area contributed by atoms with E-state index in [1.165, 1.54) is 6.92 Å². The lowest BCUT2D eigenvalue weighted by atomic mass is 10.1. The van der Waals surface area contributed by atoms with Crippen LogP contribution in [0.15, 0.2) is 0 Å². The summed E-state index contributed by atoms with van der Waals surface area (Å²) >= 11 is 0. The molecule has 0 aliphatic heterocycles. The molecule has 0 amide bonds. The van der Waals surface area contributed by atoms with Crippen molar-refractivity contribution in [2.24, 2.45) is 5.92 Å². The van der Waals surface area contributed by atoms with Crippen LogP contribution in [0.1, 0.15) is 20.8 Å². The molecule has 0 aromatic carbocycles. The minimum atomic E-state index is -1.62. The van der Waals surface area contributed by atoms with Crippen LogP contribution in [0.4, 0.5) is 0 Å². The average Bonchev–Trinajstić information content (AvgIpc) is 1.87. The molecule has 0 rings (SSSR count). The number of carbonyl (C=O) groups is 1. The van der Waals surface area contributed by atoms with Gasteiger partial charge < -0.3 is 0 Å². The first kappa shape index (κ1) is 10.7. The van der Waals surface area contributed by atoms with Crippen molar-refractivity contribution in [1.82, 2.24) is 0 Å². The fraction of sp³-hybridized carbons (Fsp3) is 0.857. The van der Waals surface area contributed by atoms with Crippen molar-refractivity contribution in [1.29, 1.82) is 0 Å². The molecule has 4 heteroatoms. The third kappa shape index (κ3) is 5.05. The third-order valence-corrected chi connectivity index (χ3v) is 2.78. The lowest BCUT2D eigenvalue weighted by Crippen LogP contribution is -2.09. The van der Waals surface area contributed by atoms with Gasteiger partial charge in [-0.15, -0.1) is 4.52 Å². The Kier molecular flexibility index (Phi) is 5.26. The molecule has 0 heterocycles. The number of Topliss-reactive ketones (excluding diaryl/α,β-unsaturated/α-hetero) is 1. The number of ketones is 1. The highest BCUT2D eigenvalue weighted by molar-refractivity contribution is 7.39. The molecule has 0 aromatic rings. The zero-order chi connectivity index (χ0) is 8.85. The van der Waals surface area contributed by atoms with Gasteiger partial charge in [0, 0.05) is 0 Å². The molecule has 0 aliphatic carbocycles. The molecule has 0 N–H and O–H groups in total. The molecule has 2 unspecified atom stereocenters. The molecule has 2 atom stereocenters. The van der Waals surface area contributed by atoms with E-state index in [-0.39, 0.29) is 11.7 Å². The second kappa shape index (κ2) is 5.39. The summed E-state index contributed by atoms with van der Waals surface area (Å²) in [6, 6.07) is 0. The molecular weight excluding hydrogens is 163 g/mol. The van der Waals surface area contributed by atoms with Crippen LogP contribution < -0.4 is 0 Å².